The molecule has 0 N–H and O–H groups in total. The Kier molecular flexibility index (Phi) is 2.86. The molecule has 1 amide bonds. The predicted octanol–water partition coefficient (Wildman–Crippen LogP) is 2.86. The number of anilines is 1. The maximum Gasteiger partial charge on any atom is 0.227 e. The summed E-state index contributed by atoms with van der Waals surface area (Å²) in [5, 5.41) is 0. The van der Waals surface area contributed by atoms with E-state index in [1.807, 2.05) is 17.0 Å². The highest BCUT2D eigenvalue weighted by molar-refractivity contribution is 6.00. The lowest BCUT2D eigenvalue weighted by Gasteiger charge is -2.51. The van der Waals surface area contributed by atoms with Crippen molar-refractivity contribution in [1.29, 1.82) is 0 Å². The van der Waals surface area contributed by atoms with Gasteiger partial charge in [0.05, 0.1) is 31.5 Å². The van der Waals surface area contributed by atoms with Gasteiger partial charge in [-0.1, -0.05) is 19.9 Å². The van der Waals surface area contributed by atoms with Crippen LogP contribution in [0.3, 0.4) is 0 Å². The number of rotatable bonds is 1. The van der Waals surface area contributed by atoms with Gasteiger partial charge in [0.15, 0.2) is 5.79 Å². The van der Waals surface area contributed by atoms with Crippen molar-refractivity contribution in [2.24, 2.45) is 11.8 Å². The van der Waals surface area contributed by atoms with Gasteiger partial charge in [0.2, 0.25) is 5.91 Å². The van der Waals surface area contributed by atoms with Crippen molar-refractivity contribution in [3.05, 3.63) is 23.8 Å². The van der Waals surface area contributed by atoms with Gasteiger partial charge in [0.25, 0.3) is 0 Å². The second kappa shape index (κ2) is 4.57. The highest BCUT2D eigenvalue weighted by Crippen LogP contribution is 2.70. The third kappa shape index (κ3) is 1.56. The van der Waals surface area contributed by atoms with Crippen molar-refractivity contribution < 1.29 is 19.0 Å². The molecule has 134 valence electrons. The summed E-state index contributed by atoms with van der Waals surface area (Å²) in [4.78, 5) is 15.2. The Morgan fingerprint density at radius 3 is 2.64 bits per heavy atom. The van der Waals surface area contributed by atoms with Crippen molar-refractivity contribution in [3.8, 4) is 5.75 Å². The van der Waals surface area contributed by atoms with Gasteiger partial charge >= 0.3 is 0 Å². The van der Waals surface area contributed by atoms with Crippen LogP contribution in [0.25, 0.3) is 0 Å². The second-order valence-electron chi connectivity index (χ2n) is 8.44. The number of carbonyl (C=O) groups is 1. The number of hydrogen-bond acceptors (Lipinski definition) is 4. The molecule has 1 aromatic carbocycles. The van der Waals surface area contributed by atoms with E-state index in [4.69, 9.17) is 14.2 Å². The lowest BCUT2D eigenvalue weighted by molar-refractivity contribution is -0.202. The number of nitrogens with zero attached hydrogens (tertiary/aromatic N) is 1. The molecule has 3 heterocycles. The first-order chi connectivity index (χ1) is 11.9. The summed E-state index contributed by atoms with van der Waals surface area (Å²) < 4.78 is 17.9. The van der Waals surface area contributed by atoms with E-state index in [1.165, 1.54) is 5.56 Å². The summed E-state index contributed by atoms with van der Waals surface area (Å²) in [6, 6.07) is 6.13. The zero-order valence-corrected chi connectivity index (χ0v) is 15.3. The fourth-order valence-electron chi connectivity index (χ4n) is 6.46. The van der Waals surface area contributed by atoms with Crippen molar-refractivity contribution >= 4 is 11.6 Å². The van der Waals surface area contributed by atoms with Gasteiger partial charge in [0, 0.05) is 30.2 Å². The number of hydrogen-bond donors (Lipinski definition) is 0. The van der Waals surface area contributed by atoms with Crippen LogP contribution in [-0.2, 0) is 19.7 Å². The molecule has 5 nitrogen and oxygen atoms in total. The molecular formula is C20H25NO4. The first kappa shape index (κ1) is 15.6. The number of methoxy groups -OCH3 is 1. The van der Waals surface area contributed by atoms with Crippen LogP contribution >= 0.6 is 0 Å². The van der Waals surface area contributed by atoms with E-state index in [0.717, 1.165) is 17.9 Å². The van der Waals surface area contributed by atoms with Crippen LogP contribution in [0, 0.1) is 11.8 Å². The lowest BCUT2D eigenvalue weighted by Crippen LogP contribution is -2.64. The van der Waals surface area contributed by atoms with Gasteiger partial charge < -0.3 is 19.1 Å². The summed E-state index contributed by atoms with van der Waals surface area (Å²) in [5.74, 6) is 0.796. The molecule has 0 bridgehead atoms. The molecule has 1 aliphatic carbocycles. The van der Waals surface area contributed by atoms with E-state index in [9.17, 15) is 4.79 Å². The van der Waals surface area contributed by atoms with Gasteiger partial charge in [-0.2, -0.15) is 0 Å². The van der Waals surface area contributed by atoms with E-state index in [0.29, 0.717) is 19.6 Å². The van der Waals surface area contributed by atoms with Crippen LogP contribution in [0.15, 0.2) is 18.2 Å². The molecule has 1 saturated carbocycles. The molecule has 1 aromatic rings. The van der Waals surface area contributed by atoms with Crippen LogP contribution in [0.4, 0.5) is 5.69 Å². The third-order valence-electron chi connectivity index (χ3n) is 7.39. The zero-order chi connectivity index (χ0) is 17.6. The molecule has 25 heavy (non-hydrogen) atoms. The minimum atomic E-state index is -0.570. The highest BCUT2D eigenvalue weighted by Gasteiger charge is 2.77. The molecule has 5 rings (SSSR count). The largest absolute Gasteiger partial charge is 0.497 e. The standard InChI is InChI=1S/C20H25NO4/c1-12-9-16(22)21-15-10-13(23-4)5-6-14(15)18(2)11-20(24-7-8-25-20)17(12)19(18,21)3/h5-6,10,12,17H,7-9,11H2,1-4H3/t12-,17-,18+,19+/m0/s1. The summed E-state index contributed by atoms with van der Waals surface area (Å²) in [7, 11) is 1.67. The normalized spacial score (nSPS) is 40.5. The number of piperidine rings is 1. The van der Waals surface area contributed by atoms with Gasteiger partial charge in [-0.3, -0.25) is 4.79 Å². The van der Waals surface area contributed by atoms with Crippen LogP contribution in [-0.4, -0.2) is 37.6 Å². The van der Waals surface area contributed by atoms with Crippen molar-refractivity contribution in [2.45, 2.75) is 50.4 Å². The van der Waals surface area contributed by atoms with E-state index < -0.39 is 5.79 Å². The molecule has 3 aliphatic heterocycles. The first-order valence-electron chi connectivity index (χ1n) is 9.17. The van der Waals surface area contributed by atoms with Crippen LogP contribution < -0.4 is 9.64 Å². The van der Waals surface area contributed by atoms with Crippen molar-refractivity contribution in [2.75, 3.05) is 25.2 Å². The maximum atomic E-state index is 13.1. The molecule has 3 fully saturated rings. The minimum absolute atomic E-state index is 0.156. The number of amides is 1. The van der Waals surface area contributed by atoms with Gasteiger partial charge in [-0.25, -0.2) is 0 Å². The van der Waals surface area contributed by atoms with Gasteiger partial charge in [0.1, 0.15) is 5.75 Å². The van der Waals surface area contributed by atoms with E-state index in [2.05, 4.69) is 26.8 Å². The maximum absolute atomic E-state index is 13.1. The molecule has 5 heteroatoms. The molecule has 4 aliphatic rings. The van der Waals surface area contributed by atoms with Gasteiger partial charge in [-0.15, -0.1) is 0 Å². The average molecular weight is 343 g/mol. The Morgan fingerprint density at radius 2 is 1.96 bits per heavy atom. The Morgan fingerprint density at radius 1 is 1.24 bits per heavy atom. The van der Waals surface area contributed by atoms with E-state index in [-0.39, 0.29) is 28.7 Å². The molecule has 1 spiro atoms. The SMILES string of the molecule is COc1ccc2c(c1)N1C(=O)C[C@H](C)[C@@H]3C4(C[C@@]2(C)[C@@]31C)OCCO4. The Balaban J connectivity index is 1.78. The number of carbonyl (C=O) groups excluding carboxylic acids is 1. The van der Waals surface area contributed by atoms with E-state index in [1.54, 1.807) is 7.11 Å². The third-order valence-corrected chi connectivity index (χ3v) is 7.39. The van der Waals surface area contributed by atoms with Crippen LogP contribution in [0.1, 0.15) is 39.2 Å². The van der Waals surface area contributed by atoms with Crippen LogP contribution in [0.5, 0.6) is 5.75 Å². The number of benzene rings is 1. The van der Waals surface area contributed by atoms with Crippen LogP contribution in [0.2, 0.25) is 0 Å². The smallest absolute Gasteiger partial charge is 0.227 e. The highest BCUT2D eigenvalue weighted by atomic mass is 16.7. The minimum Gasteiger partial charge on any atom is -0.497 e. The zero-order valence-electron chi connectivity index (χ0n) is 15.3. The fraction of sp³-hybridized carbons (Fsp3) is 0.650. The monoisotopic (exact) mass is 343 g/mol. The van der Waals surface area contributed by atoms with Crippen molar-refractivity contribution in [1.82, 2.24) is 0 Å². The Labute approximate surface area is 148 Å². The Bertz CT molecular complexity index is 771. The van der Waals surface area contributed by atoms with E-state index >= 15 is 0 Å². The summed E-state index contributed by atoms with van der Waals surface area (Å²) >= 11 is 0. The molecular weight excluding hydrogens is 318 g/mol. The average Bonchev–Trinajstić information content (AvgIpc) is 3.14. The number of ether oxygens (including phenoxy) is 3. The molecule has 4 atom stereocenters. The van der Waals surface area contributed by atoms with Crippen molar-refractivity contribution in [3.63, 3.8) is 0 Å². The topological polar surface area (TPSA) is 48.0 Å². The fourth-order valence-corrected chi connectivity index (χ4v) is 6.46. The summed E-state index contributed by atoms with van der Waals surface area (Å²) in [6.07, 6.45) is 1.32. The first-order valence-corrected chi connectivity index (χ1v) is 9.17. The Hall–Kier alpha value is -1.59. The molecule has 0 radical (unpaired) electrons. The predicted molar refractivity (Wildman–Crippen MR) is 92.8 cm³/mol. The second-order valence-corrected chi connectivity index (χ2v) is 8.44. The molecule has 2 saturated heterocycles. The molecule has 0 unspecified atom stereocenters. The quantitative estimate of drug-likeness (QED) is 0.787. The lowest BCUT2D eigenvalue weighted by atomic mass is 9.64. The summed E-state index contributed by atoms with van der Waals surface area (Å²) in [5.41, 5.74) is 1.66. The van der Waals surface area contributed by atoms with Gasteiger partial charge in [-0.05, 0) is 24.5 Å². The number of fused-ring (bicyclic) bond motifs is 4. The molecule has 0 aromatic heterocycles. The summed E-state index contributed by atoms with van der Waals surface area (Å²) in [6.45, 7) is 7.96.